The second-order valence-corrected chi connectivity index (χ2v) is 5.78. The van der Waals surface area contributed by atoms with Gasteiger partial charge in [0.25, 0.3) is 5.91 Å². The maximum absolute atomic E-state index is 12.5. The molecule has 1 aromatic heterocycles. The third kappa shape index (κ3) is 5.24. The number of para-hydroxylation sites is 1. The van der Waals surface area contributed by atoms with Gasteiger partial charge in [-0.2, -0.15) is 0 Å². The van der Waals surface area contributed by atoms with Crippen LogP contribution in [0.2, 0.25) is 0 Å². The van der Waals surface area contributed by atoms with Crippen molar-refractivity contribution < 1.29 is 14.3 Å². The average Bonchev–Trinajstić information content (AvgIpc) is 3.03. The number of nitrogens with zero attached hydrogens (tertiary/aromatic N) is 2. The van der Waals surface area contributed by atoms with Crippen LogP contribution in [-0.2, 0) is 13.0 Å². The van der Waals surface area contributed by atoms with Crippen molar-refractivity contribution in [2.75, 3.05) is 20.3 Å². The minimum atomic E-state index is -0.164. The number of hydrogen-bond donors (Lipinski definition) is 1. The lowest BCUT2D eigenvalue weighted by Gasteiger charge is -2.09. The van der Waals surface area contributed by atoms with E-state index < -0.39 is 0 Å². The largest absolute Gasteiger partial charge is 0.496 e. The first-order chi connectivity index (χ1) is 12.2. The number of carbonyl (C=O) groups excluding carboxylic acids is 1. The minimum Gasteiger partial charge on any atom is -0.496 e. The van der Waals surface area contributed by atoms with Gasteiger partial charge in [-0.3, -0.25) is 9.48 Å². The molecule has 6 heteroatoms. The normalized spacial score (nSPS) is 10.5. The summed E-state index contributed by atoms with van der Waals surface area (Å²) in [4.78, 5) is 12.5. The van der Waals surface area contributed by atoms with E-state index in [2.05, 4.69) is 17.3 Å². The average molecular weight is 345 g/mol. The zero-order valence-corrected chi connectivity index (χ0v) is 15.2. The maximum atomic E-state index is 12.5. The Morgan fingerprint density at radius 2 is 2.04 bits per heavy atom. The second-order valence-electron chi connectivity index (χ2n) is 5.78. The van der Waals surface area contributed by atoms with Gasteiger partial charge in [0.15, 0.2) is 0 Å². The van der Waals surface area contributed by atoms with Crippen molar-refractivity contribution in [1.82, 2.24) is 15.1 Å². The van der Waals surface area contributed by atoms with Crippen LogP contribution in [0, 0.1) is 0 Å². The monoisotopic (exact) mass is 345 g/mol. The van der Waals surface area contributed by atoms with Crippen LogP contribution in [0.15, 0.2) is 30.5 Å². The number of hydrogen-bond acceptors (Lipinski definition) is 4. The van der Waals surface area contributed by atoms with Crippen molar-refractivity contribution >= 4 is 5.91 Å². The molecule has 2 aromatic rings. The number of aromatic nitrogens is 2. The summed E-state index contributed by atoms with van der Waals surface area (Å²) in [5.41, 5.74) is 1.55. The Morgan fingerprint density at radius 3 is 2.76 bits per heavy atom. The van der Waals surface area contributed by atoms with Gasteiger partial charge in [-0.15, -0.1) is 5.10 Å². The standard InChI is InChI=1S/C19H27N3O3/c1-4-12-22-14-16(19(21-22)25-13-5-2)18(23)20-11-10-15-8-6-7-9-17(15)24-3/h6-9,14H,4-5,10-13H2,1-3H3,(H,20,23). The molecule has 1 amide bonds. The highest BCUT2D eigenvalue weighted by Crippen LogP contribution is 2.18. The van der Waals surface area contributed by atoms with Gasteiger partial charge < -0.3 is 14.8 Å². The Morgan fingerprint density at radius 1 is 1.24 bits per heavy atom. The first-order valence-electron chi connectivity index (χ1n) is 8.79. The zero-order valence-electron chi connectivity index (χ0n) is 15.2. The van der Waals surface area contributed by atoms with Gasteiger partial charge >= 0.3 is 0 Å². The smallest absolute Gasteiger partial charge is 0.258 e. The lowest BCUT2D eigenvalue weighted by molar-refractivity contribution is 0.0950. The van der Waals surface area contributed by atoms with Gasteiger partial charge in [0, 0.05) is 19.3 Å². The third-order valence-corrected chi connectivity index (χ3v) is 3.74. The number of aryl methyl sites for hydroxylation is 1. The van der Waals surface area contributed by atoms with Crippen molar-refractivity contribution in [3.05, 3.63) is 41.6 Å². The van der Waals surface area contributed by atoms with Gasteiger partial charge in [-0.05, 0) is 30.9 Å². The van der Waals surface area contributed by atoms with Gasteiger partial charge in [0.05, 0.1) is 13.7 Å². The van der Waals surface area contributed by atoms with Crippen LogP contribution in [-0.4, -0.2) is 35.9 Å². The van der Waals surface area contributed by atoms with Crippen molar-refractivity contribution in [1.29, 1.82) is 0 Å². The number of ether oxygens (including phenoxy) is 2. The van der Waals surface area contributed by atoms with E-state index >= 15 is 0 Å². The summed E-state index contributed by atoms with van der Waals surface area (Å²) in [5, 5.41) is 7.31. The fourth-order valence-corrected chi connectivity index (χ4v) is 2.52. The van der Waals surface area contributed by atoms with E-state index in [9.17, 15) is 4.79 Å². The van der Waals surface area contributed by atoms with Gasteiger partial charge in [-0.25, -0.2) is 0 Å². The number of benzene rings is 1. The number of rotatable bonds is 10. The molecule has 6 nitrogen and oxygen atoms in total. The summed E-state index contributed by atoms with van der Waals surface area (Å²) < 4.78 is 12.7. The second kappa shape index (κ2) is 9.71. The molecule has 1 heterocycles. The Hall–Kier alpha value is -2.50. The minimum absolute atomic E-state index is 0.164. The first kappa shape index (κ1) is 18.8. The molecule has 0 aliphatic rings. The molecular weight excluding hydrogens is 318 g/mol. The molecule has 25 heavy (non-hydrogen) atoms. The van der Waals surface area contributed by atoms with E-state index in [1.807, 2.05) is 31.2 Å². The van der Waals surface area contributed by atoms with Crippen LogP contribution in [0.25, 0.3) is 0 Å². The Balaban J connectivity index is 1.99. The maximum Gasteiger partial charge on any atom is 0.258 e. The molecule has 1 N–H and O–H groups in total. The molecule has 0 saturated heterocycles. The lowest BCUT2D eigenvalue weighted by atomic mass is 10.1. The van der Waals surface area contributed by atoms with E-state index in [1.54, 1.807) is 18.0 Å². The number of methoxy groups -OCH3 is 1. The fraction of sp³-hybridized carbons (Fsp3) is 0.474. The molecule has 1 aromatic carbocycles. The Kier molecular flexibility index (Phi) is 7.32. The molecule has 0 bridgehead atoms. The van der Waals surface area contributed by atoms with E-state index in [0.717, 1.165) is 30.7 Å². The predicted octanol–water partition coefficient (Wildman–Crippen LogP) is 3.06. The predicted molar refractivity (Wildman–Crippen MR) is 97.3 cm³/mol. The molecule has 0 spiro atoms. The molecular formula is C19H27N3O3. The van der Waals surface area contributed by atoms with Crippen molar-refractivity contribution in [2.45, 2.75) is 39.7 Å². The Bertz CT molecular complexity index is 682. The van der Waals surface area contributed by atoms with Gasteiger partial charge in [0.1, 0.15) is 11.3 Å². The molecule has 0 saturated carbocycles. The zero-order chi connectivity index (χ0) is 18.1. The van der Waals surface area contributed by atoms with E-state index in [1.165, 1.54) is 0 Å². The lowest BCUT2D eigenvalue weighted by Crippen LogP contribution is -2.26. The number of nitrogens with one attached hydrogen (secondary N) is 1. The van der Waals surface area contributed by atoms with Crippen molar-refractivity contribution in [3.8, 4) is 11.6 Å². The topological polar surface area (TPSA) is 65.4 Å². The third-order valence-electron chi connectivity index (χ3n) is 3.74. The summed E-state index contributed by atoms with van der Waals surface area (Å²) in [7, 11) is 1.65. The molecule has 2 rings (SSSR count). The van der Waals surface area contributed by atoms with E-state index in [4.69, 9.17) is 9.47 Å². The molecule has 0 atom stereocenters. The fourth-order valence-electron chi connectivity index (χ4n) is 2.52. The SMILES string of the molecule is CCCOc1nn(CCC)cc1C(=O)NCCc1ccccc1OC. The summed E-state index contributed by atoms with van der Waals surface area (Å²) in [5.74, 6) is 1.08. The van der Waals surface area contributed by atoms with E-state index in [-0.39, 0.29) is 5.91 Å². The Labute approximate surface area is 149 Å². The van der Waals surface area contributed by atoms with Crippen LogP contribution in [0.3, 0.4) is 0 Å². The number of amides is 1. The highest BCUT2D eigenvalue weighted by molar-refractivity contribution is 5.96. The highest BCUT2D eigenvalue weighted by atomic mass is 16.5. The van der Waals surface area contributed by atoms with E-state index in [0.29, 0.717) is 31.0 Å². The molecule has 0 aliphatic heterocycles. The molecule has 0 aliphatic carbocycles. The van der Waals surface area contributed by atoms with Gasteiger partial charge in [-0.1, -0.05) is 32.0 Å². The summed E-state index contributed by atoms with van der Waals surface area (Å²) in [6, 6.07) is 7.81. The summed E-state index contributed by atoms with van der Waals surface area (Å²) >= 11 is 0. The van der Waals surface area contributed by atoms with Crippen molar-refractivity contribution in [3.63, 3.8) is 0 Å². The van der Waals surface area contributed by atoms with Crippen LogP contribution in [0.4, 0.5) is 0 Å². The molecule has 0 fully saturated rings. The first-order valence-corrected chi connectivity index (χ1v) is 8.79. The summed E-state index contributed by atoms with van der Waals surface area (Å²) in [6.45, 7) is 5.92. The van der Waals surface area contributed by atoms with Crippen LogP contribution in [0.5, 0.6) is 11.6 Å². The highest BCUT2D eigenvalue weighted by Gasteiger charge is 2.17. The number of carbonyl (C=O) groups is 1. The molecule has 136 valence electrons. The van der Waals surface area contributed by atoms with Crippen LogP contribution >= 0.6 is 0 Å². The van der Waals surface area contributed by atoms with Crippen LogP contribution < -0.4 is 14.8 Å². The van der Waals surface area contributed by atoms with Crippen LogP contribution in [0.1, 0.15) is 42.6 Å². The van der Waals surface area contributed by atoms with Gasteiger partial charge in [0.2, 0.25) is 5.88 Å². The summed E-state index contributed by atoms with van der Waals surface area (Å²) in [6.07, 6.45) is 4.27. The molecule has 0 unspecified atom stereocenters. The quantitative estimate of drug-likeness (QED) is 0.719. The molecule has 0 radical (unpaired) electrons. The van der Waals surface area contributed by atoms with Crippen molar-refractivity contribution in [2.24, 2.45) is 0 Å².